The molecule has 0 bridgehead atoms. The minimum atomic E-state index is -1.08. The molecule has 0 heterocycles. The number of carbonyl (C=O) groups is 3. The predicted molar refractivity (Wildman–Crippen MR) is 85.5 cm³/mol. The molecule has 0 aliphatic rings. The Bertz CT molecular complexity index is 562. The molecule has 1 rings (SSSR count). The third-order valence-corrected chi connectivity index (χ3v) is 3.09. The zero-order chi connectivity index (χ0) is 17.2. The summed E-state index contributed by atoms with van der Waals surface area (Å²) in [6, 6.07) is 9.42. The maximum Gasteiger partial charge on any atom is 0.355 e. The summed E-state index contributed by atoms with van der Waals surface area (Å²) in [6.45, 7) is 6.79. The molecule has 1 aromatic carbocycles. The van der Waals surface area contributed by atoms with Gasteiger partial charge in [0.15, 0.2) is 6.10 Å². The second-order valence-electron chi connectivity index (χ2n) is 5.24. The van der Waals surface area contributed by atoms with Gasteiger partial charge in [-0.1, -0.05) is 50.3 Å². The predicted octanol–water partition coefficient (Wildman–Crippen LogP) is 2.98. The van der Waals surface area contributed by atoms with Crippen molar-refractivity contribution >= 4 is 17.9 Å². The highest BCUT2D eigenvalue weighted by molar-refractivity contribution is 5.92. The van der Waals surface area contributed by atoms with Crippen LogP contribution in [0.4, 0.5) is 0 Å². The summed E-state index contributed by atoms with van der Waals surface area (Å²) in [5, 5.41) is 0. The molecule has 5 nitrogen and oxygen atoms in total. The number of hydrogen-bond donors (Lipinski definition) is 0. The number of hydrogen-bond acceptors (Lipinski definition) is 5. The van der Waals surface area contributed by atoms with Crippen LogP contribution in [0.3, 0.4) is 0 Å². The van der Waals surface area contributed by atoms with Crippen LogP contribution in [0.5, 0.6) is 0 Å². The van der Waals surface area contributed by atoms with Gasteiger partial charge >= 0.3 is 17.9 Å². The van der Waals surface area contributed by atoms with E-state index in [-0.39, 0.29) is 12.0 Å². The number of benzene rings is 1. The number of aryl methyl sites for hydroxylation is 1. The zero-order valence-corrected chi connectivity index (χ0v) is 13.5. The number of esters is 3. The molecule has 0 saturated heterocycles. The lowest BCUT2D eigenvalue weighted by Gasteiger charge is -2.15. The molecule has 0 amide bonds. The molecule has 0 fully saturated rings. The number of ether oxygens (including phenoxy) is 2. The average Bonchev–Trinajstić information content (AvgIpc) is 2.53. The fourth-order valence-electron chi connectivity index (χ4n) is 1.84. The van der Waals surface area contributed by atoms with Gasteiger partial charge in [0.1, 0.15) is 0 Å². The molecule has 0 spiro atoms. The van der Waals surface area contributed by atoms with Crippen molar-refractivity contribution in [1.82, 2.24) is 0 Å². The molecule has 0 aromatic heterocycles. The Morgan fingerprint density at radius 2 is 1.83 bits per heavy atom. The maximum absolute atomic E-state index is 12.0. The third-order valence-electron chi connectivity index (χ3n) is 3.09. The van der Waals surface area contributed by atoms with E-state index < -0.39 is 24.0 Å². The SMILES string of the molecule is C=C(C)C(=O)OC(CCC)C(=O)OC(=O)CCc1ccccc1. The van der Waals surface area contributed by atoms with Gasteiger partial charge in [-0.2, -0.15) is 0 Å². The van der Waals surface area contributed by atoms with Crippen molar-refractivity contribution in [2.45, 2.75) is 45.6 Å². The highest BCUT2D eigenvalue weighted by Gasteiger charge is 2.26. The van der Waals surface area contributed by atoms with E-state index in [1.165, 1.54) is 6.92 Å². The van der Waals surface area contributed by atoms with Crippen molar-refractivity contribution in [2.75, 3.05) is 0 Å². The van der Waals surface area contributed by atoms with Gasteiger partial charge in [0, 0.05) is 5.57 Å². The smallest absolute Gasteiger partial charge is 0.355 e. The highest BCUT2D eigenvalue weighted by Crippen LogP contribution is 2.09. The largest absolute Gasteiger partial charge is 0.447 e. The lowest BCUT2D eigenvalue weighted by molar-refractivity contribution is -0.173. The van der Waals surface area contributed by atoms with Crippen molar-refractivity contribution in [3.63, 3.8) is 0 Å². The summed E-state index contributed by atoms with van der Waals surface area (Å²) in [6.07, 6.45) is 0.399. The molecule has 23 heavy (non-hydrogen) atoms. The molecule has 5 heteroatoms. The Labute approximate surface area is 136 Å². The molecule has 124 valence electrons. The molecule has 0 aliphatic carbocycles. The molecule has 0 N–H and O–H groups in total. The summed E-state index contributed by atoms with van der Waals surface area (Å²) in [7, 11) is 0. The van der Waals surface area contributed by atoms with E-state index in [1.807, 2.05) is 37.3 Å². The van der Waals surface area contributed by atoms with Gasteiger partial charge in [0.25, 0.3) is 0 Å². The standard InChI is InChI=1S/C18H22O5/c1-4-8-15(22-17(20)13(2)3)18(21)23-16(19)12-11-14-9-6-5-7-10-14/h5-7,9-10,15H,2,4,8,11-12H2,1,3H3. The Morgan fingerprint density at radius 3 is 2.39 bits per heavy atom. The third kappa shape index (κ3) is 6.91. The topological polar surface area (TPSA) is 69.7 Å². The molecule has 0 aliphatic heterocycles. The summed E-state index contributed by atoms with van der Waals surface area (Å²) in [4.78, 5) is 35.2. The zero-order valence-electron chi connectivity index (χ0n) is 13.5. The summed E-state index contributed by atoms with van der Waals surface area (Å²) < 4.78 is 9.80. The first-order valence-electron chi connectivity index (χ1n) is 7.59. The van der Waals surface area contributed by atoms with Crippen LogP contribution in [-0.2, 0) is 30.3 Å². The summed E-state index contributed by atoms with van der Waals surface area (Å²) in [5.41, 5.74) is 1.17. The average molecular weight is 318 g/mol. The van der Waals surface area contributed by atoms with Crippen LogP contribution in [0.15, 0.2) is 42.5 Å². The summed E-state index contributed by atoms with van der Waals surface area (Å²) >= 11 is 0. The fourth-order valence-corrected chi connectivity index (χ4v) is 1.84. The molecule has 1 unspecified atom stereocenters. The van der Waals surface area contributed by atoms with Crippen molar-refractivity contribution in [3.05, 3.63) is 48.0 Å². The van der Waals surface area contributed by atoms with E-state index in [0.29, 0.717) is 19.3 Å². The normalized spacial score (nSPS) is 11.4. The van der Waals surface area contributed by atoms with Crippen LogP contribution in [-0.4, -0.2) is 24.0 Å². The Morgan fingerprint density at radius 1 is 1.17 bits per heavy atom. The van der Waals surface area contributed by atoms with E-state index in [0.717, 1.165) is 5.56 Å². The molecular weight excluding hydrogens is 296 g/mol. The summed E-state index contributed by atoms with van der Waals surface area (Å²) in [5.74, 6) is -2.14. The Hall–Kier alpha value is -2.43. The molecule has 1 atom stereocenters. The Kier molecular flexibility index (Phi) is 7.74. The van der Waals surface area contributed by atoms with Crippen molar-refractivity contribution in [1.29, 1.82) is 0 Å². The van der Waals surface area contributed by atoms with E-state index in [9.17, 15) is 14.4 Å². The van der Waals surface area contributed by atoms with E-state index in [2.05, 4.69) is 6.58 Å². The van der Waals surface area contributed by atoms with Crippen LogP contribution in [0.1, 0.15) is 38.7 Å². The van der Waals surface area contributed by atoms with Gasteiger partial charge in [-0.05, 0) is 25.3 Å². The lowest BCUT2D eigenvalue weighted by atomic mass is 10.1. The monoisotopic (exact) mass is 318 g/mol. The number of rotatable bonds is 8. The van der Waals surface area contributed by atoms with Crippen LogP contribution < -0.4 is 0 Å². The van der Waals surface area contributed by atoms with Crippen molar-refractivity contribution < 1.29 is 23.9 Å². The van der Waals surface area contributed by atoms with Crippen molar-refractivity contribution in [2.24, 2.45) is 0 Å². The second-order valence-corrected chi connectivity index (χ2v) is 5.24. The maximum atomic E-state index is 12.0. The molecule has 0 radical (unpaired) electrons. The van der Waals surface area contributed by atoms with Crippen LogP contribution in [0.25, 0.3) is 0 Å². The molecule has 1 aromatic rings. The van der Waals surface area contributed by atoms with Crippen molar-refractivity contribution in [3.8, 4) is 0 Å². The fraction of sp³-hybridized carbons (Fsp3) is 0.389. The Balaban J connectivity index is 2.51. The van der Waals surface area contributed by atoms with E-state index in [4.69, 9.17) is 9.47 Å². The second kappa shape index (κ2) is 9.56. The van der Waals surface area contributed by atoms with E-state index in [1.54, 1.807) is 0 Å². The molecular formula is C18H22O5. The minimum Gasteiger partial charge on any atom is -0.447 e. The lowest BCUT2D eigenvalue weighted by Crippen LogP contribution is -2.31. The van der Waals surface area contributed by atoms with Gasteiger partial charge in [0.05, 0.1) is 6.42 Å². The van der Waals surface area contributed by atoms with Crippen LogP contribution in [0.2, 0.25) is 0 Å². The van der Waals surface area contributed by atoms with Gasteiger partial charge < -0.3 is 9.47 Å². The first-order chi connectivity index (χ1) is 10.9. The first kappa shape index (κ1) is 18.6. The number of carbonyl (C=O) groups excluding carboxylic acids is 3. The quantitative estimate of drug-likeness (QED) is 0.419. The van der Waals surface area contributed by atoms with Crippen LogP contribution >= 0.6 is 0 Å². The van der Waals surface area contributed by atoms with E-state index >= 15 is 0 Å². The molecule has 0 saturated carbocycles. The highest BCUT2D eigenvalue weighted by atomic mass is 16.6. The van der Waals surface area contributed by atoms with Gasteiger partial charge in [0.2, 0.25) is 0 Å². The first-order valence-corrected chi connectivity index (χ1v) is 7.59. The van der Waals surface area contributed by atoms with Crippen LogP contribution in [0, 0.1) is 0 Å². The van der Waals surface area contributed by atoms with Gasteiger partial charge in [-0.3, -0.25) is 4.79 Å². The van der Waals surface area contributed by atoms with Gasteiger partial charge in [-0.15, -0.1) is 0 Å². The minimum absolute atomic E-state index is 0.0863. The van der Waals surface area contributed by atoms with Gasteiger partial charge in [-0.25, -0.2) is 9.59 Å².